The van der Waals surface area contributed by atoms with Crippen LogP contribution in [0.1, 0.15) is 32.3 Å². The predicted molar refractivity (Wildman–Crippen MR) is 118 cm³/mol. The van der Waals surface area contributed by atoms with Crippen molar-refractivity contribution in [2.75, 3.05) is 11.9 Å². The number of amides is 1. The Morgan fingerprint density at radius 2 is 1.71 bits per heavy atom. The zero-order valence-corrected chi connectivity index (χ0v) is 17.3. The van der Waals surface area contributed by atoms with Crippen LogP contribution in [0.2, 0.25) is 0 Å². The molecular weight excluding hydrogens is 392 g/mol. The second kappa shape index (κ2) is 8.75. The van der Waals surface area contributed by atoms with Crippen LogP contribution in [-0.4, -0.2) is 22.9 Å². The number of nitrogens with one attached hydrogen (secondary N) is 1. The number of para-hydroxylation sites is 1. The second-order valence-corrected chi connectivity index (χ2v) is 7.12. The van der Waals surface area contributed by atoms with Crippen LogP contribution in [0.3, 0.4) is 0 Å². The van der Waals surface area contributed by atoms with Gasteiger partial charge < -0.3 is 19.0 Å². The van der Waals surface area contributed by atoms with E-state index in [1.807, 2.05) is 50.2 Å². The smallest absolute Gasteiger partial charge is 0.291 e. The fourth-order valence-corrected chi connectivity index (χ4v) is 3.48. The molecule has 6 heteroatoms. The minimum Gasteiger partial charge on any atom is -0.485 e. The van der Waals surface area contributed by atoms with E-state index in [0.717, 1.165) is 17.1 Å². The van der Waals surface area contributed by atoms with E-state index in [2.05, 4.69) is 9.88 Å². The Morgan fingerprint density at radius 3 is 2.39 bits per heavy atom. The molecule has 2 aromatic carbocycles. The van der Waals surface area contributed by atoms with Crippen molar-refractivity contribution in [2.24, 2.45) is 0 Å². The van der Waals surface area contributed by atoms with E-state index in [0.29, 0.717) is 17.0 Å². The number of benzene rings is 2. The largest absolute Gasteiger partial charge is 0.485 e. The first kappa shape index (κ1) is 20.2. The van der Waals surface area contributed by atoms with E-state index in [4.69, 9.17) is 9.15 Å². The van der Waals surface area contributed by atoms with Gasteiger partial charge in [-0.3, -0.25) is 9.59 Å². The minimum absolute atomic E-state index is 0.0722. The summed E-state index contributed by atoms with van der Waals surface area (Å²) in [7, 11) is 0. The van der Waals surface area contributed by atoms with Crippen molar-refractivity contribution in [1.29, 1.82) is 0 Å². The van der Waals surface area contributed by atoms with E-state index in [-0.39, 0.29) is 24.1 Å². The molecule has 4 rings (SSSR count). The molecular formula is C25H22N2O4. The van der Waals surface area contributed by atoms with Crippen molar-refractivity contribution >= 4 is 17.4 Å². The fourth-order valence-electron chi connectivity index (χ4n) is 3.48. The molecule has 0 aliphatic rings. The molecule has 6 nitrogen and oxygen atoms in total. The molecule has 2 heterocycles. The van der Waals surface area contributed by atoms with E-state index >= 15 is 0 Å². The molecule has 0 aliphatic heterocycles. The van der Waals surface area contributed by atoms with E-state index < -0.39 is 0 Å². The highest BCUT2D eigenvalue weighted by molar-refractivity contribution is 6.02. The number of hydrogen-bond acceptors (Lipinski definition) is 4. The van der Waals surface area contributed by atoms with Crippen LogP contribution in [-0.2, 0) is 0 Å². The van der Waals surface area contributed by atoms with Gasteiger partial charge in [-0.15, -0.1) is 0 Å². The Morgan fingerprint density at radius 1 is 0.968 bits per heavy atom. The van der Waals surface area contributed by atoms with Gasteiger partial charge in [-0.25, -0.2) is 0 Å². The van der Waals surface area contributed by atoms with Gasteiger partial charge in [-0.2, -0.15) is 0 Å². The Labute approximate surface area is 180 Å². The van der Waals surface area contributed by atoms with Crippen LogP contribution in [0.4, 0.5) is 5.69 Å². The van der Waals surface area contributed by atoms with E-state index in [9.17, 15) is 9.59 Å². The first-order valence-corrected chi connectivity index (χ1v) is 9.88. The van der Waals surface area contributed by atoms with Gasteiger partial charge >= 0.3 is 0 Å². The number of Topliss-reactive ketones (excluding diaryl/α,β-unsaturated/α-hetero) is 1. The third-order valence-electron chi connectivity index (χ3n) is 4.97. The summed E-state index contributed by atoms with van der Waals surface area (Å²) in [5.41, 5.74) is 4.14. The second-order valence-electron chi connectivity index (χ2n) is 7.12. The van der Waals surface area contributed by atoms with Crippen molar-refractivity contribution in [3.8, 4) is 11.4 Å². The highest BCUT2D eigenvalue weighted by Gasteiger charge is 2.17. The highest BCUT2D eigenvalue weighted by Crippen LogP contribution is 2.22. The van der Waals surface area contributed by atoms with Gasteiger partial charge in [0, 0.05) is 28.3 Å². The van der Waals surface area contributed by atoms with Crippen molar-refractivity contribution in [1.82, 2.24) is 4.57 Å². The van der Waals surface area contributed by atoms with Crippen LogP contribution in [0.25, 0.3) is 5.69 Å². The summed E-state index contributed by atoms with van der Waals surface area (Å²) in [5.74, 6) is 0.355. The number of hydrogen-bond donors (Lipinski definition) is 1. The van der Waals surface area contributed by atoms with Crippen molar-refractivity contribution in [3.05, 3.63) is 102 Å². The number of nitrogens with zero attached hydrogens (tertiary/aromatic N) is 1. The fraction of sp³-hybridized carbons (Fsp3) is 0.120. The number of carbonyl (C=O) groups is 2. The number of anilines is 1. The molecule has 0 radical (unpaired) electrons. The third kappa shape index (κ3) is 4.43. The van der Waals surface area contributed by atoms with Gasteiger partial charge in [-0.05, 0) is 68.4 Å². The molecule has 0 fully saturated rings. The lowest BCUT2D eigenvalue weighted by Crippen LogP contribution is -2.13. The van der Waals surface area contributed by atoms with Gasteiger partial charge in [0.05, 0.1) is 6.26 Å². The Balaban J connectivity index is 1.39. The number of ketones is 1. The number of rotatable bonds is 7. The number of aromatic nitrogens is 1. The average molecular weight is 414 g/mol. The Hall–Kier alpha value is -4.06. The molecule has 0 aliphatic carbocycles. The first-order chi connectivity index (χ1) is 15.0. The first-order valence-electron chi connectivity index (χ1n) is 9.88. The maximum absolute atomic E-state index is 12.8. The van der Waals surface area contributed by atoms with Crippen molar-refractivity contribution in [2.45, 2.75) is 13.8 Å². The van der Waals surface area contributed by atoms with E-state index in [1.165, 1.54) is 6.26 Å². The Kier molecular flexibility index (Phi) is 5.71. The van der Waals surface area contributed by atoms with Crippen LogP contribution >= 0.6 is 0 Å². The maximum atomic E-state index is 12.8. The van der Waals surface area contributed by atoms with Gasteiger partial charge in [-0.1, -0.05) is 18.2 Å². The maximum Gasteiger partial charge on any atom is 0.291 e. The lowest BCUT2D eigenvalue weighted by Gasteiger charge is -2.10. The summed E-state index contributed by atoms with van der Waals surface area (Å²) in [4.78, 5) is 24.8. The monoisotopic (exact) mass is 414 g/mol. The third-order valence-corrected chi connectivity index (χ3v) is 4.97. The van der Waals surface area contributed by atoms with Gasteiger partial charge in [0.2, 0.25) is 5.78 Å². The topological polar surface area (TPSA) is 73.5 Å². The average Bonchev–Trinajstić information content (AvgIpc) is 3.42. The summed E-state index contributed by atoms with van der Waals surface area (Å²) in [6.07, 6.45) is 1.44. The quantitative estimate of drug-likeness (QED) is 0.422. The summed E-state index contributed by atoms with van der Waals surface area (Å²) in [6, 6.07) is 21.9. The SMILES string of the molecule is Cc1cc(C(=O)COc2ccc(NC(=O)c3ccco3)cc2)c(C)n1-c1ccccc1. The zero-order valence-electron chi connectivity index (χ0n) is 17.3. The van der Waals surface area contributed by atoms with Crippen molar-refractivity contribution < 1.29 is 18.7 Å². The molecule has 156 valence electrons. The predicted octanol–water partition coefficient (Wildman–Crippen LogP) is 5.20. The minimum atomic E-state index is -0.331. The van der Waals surface area contributed by atoms with E-state index in [1.54, 1.807) is 36.4 Å². The molecule has 31 heavy (non-hydrogen) atoms. The van der Waals surface area contributed by atoms with Crippen LogP contribution < -0.4 is 10.1 Å². The molecule has 4 aromatic rings. The summed E-state index contributed by atoms with van der Waals surface area (Å²) in [5, 5.41) is 2.74. The molecule has 0 atom stereocenters. The number of furan rings is 1. The molecule has 2 aromatic heterocycles. The van der Waals surface area contributed by atoms with Gasteiger partial charge in [0.15, 0.2) is 12.4 Å². The van der Waals surface area contributed by atoms with Crippen molar-refractivity contribution in [3.63, 3.8) is 0 Å². The lowest BCUT2D eigenvalue weighted by atomic mass is 10.1. The molecule has 0 saturated heterocycles. The standard InChI is InChI=1S/C25H22N2O4/c1-17-15-22(18(2)27(17)20-7-4-3-5-8-20)23(28)16-31-21-12-10-19(11-13-21)26-25(29)24-9-6-14-30-24/h3-15H,16H2,1-2H3,(H,26,29). The molecule has 1 N–H and O–H groups in total. The number of aryl methyl sites for hydroxylation is 1. The summed E-state index contributed by atoms with van der Waals surface area (Å²) >= 11 is 0. The van der Waals surface area contributed by atoms with Gasteiger partial charge in [0.1, 0.15) is 5.75 Å². The summed E-state index contributed by atoms with van der Waals surface area (Å²) < 4.78 is 12.8. The van der Waals surface area contributed by atoms with Crippen LogP contribution in [0, 0.1) is 13.8 Å². The van der Waals surface area contributed by atoms with Gasteiger partial charge in [0.25, 0.3) is 5.91 Å². The van der Waals surface area contributed by atoms with Crippen LogP contribution in [0.5, 0.6) is 5.75 Å². The molecule has 0 saturated carbocycles. The number of ether oxygens (including phenoxy) is 1. The summed E-state index contributed by atoms with van der Waals surface area (Å²) in [6.45, 7) is 3.84. The zero-order chi connectivity index (χ0) is 21.8. The Bertz CT molecular complexity index is 1190. The normalized spacial score (nSPS) is 10.6. The highest BCUT2D eigenvalue weighted by atomic mass is 16.5. The molecule has 0 unspecified atom stereocenters. The molecule has 0 spiro atoms. The van der Waals surface area contributed by atoms with Crippen LogP contribution in [0.15, 0.2) is 83.5 Å². The molecule has 0 bridgehead atoms. The lowest BCUT2D eigenvalue weighted by molar-refractivity contribution is 0.0920. The molecule has 1 amide bonds. The number of carbonyl (C=O) groups excluding carboxylic acids is 2.